The van der Waals surface area contributed by atoms with E-state index in [0.717, 1.165) is 75.1 Å². The highest BCUT2D eigenvalue weighted by molar-refractivity contribution is 5.87. The molecular weight excluding hydrogens is 1000 g/mol. The lowest BCUT2D eigenvalue weighted by molar-refractivity contribution is -0.220. The molecule has 2 fully saturated rings. The number of hydrogen-bond donors (Lipinski definition) is 6. The molecule has 18 nitrogen and oxygen atoms in total. The number of anilines is 1. The van der Waals surface area contributed by atoms with Crippen molar-refractivity contribution in [3.05, 3.63) is 101 Å². The second kappa shape index (κ2) is 24.1. The molecule has 4 aromatic rings. The third kappa shape index (κ3) is 14.9. The first kappa shape index (κ1) is 57.3. The van der Waals surface area contributed by atoms with Gasteiger partial charge in [-0.15, -0.1) is 0 Å². The molecule has 0 bridgehead atoms. The number of alkyl halides is 5. The molecule has 6 N–H and O–H groups in total. The van der Waals surface area contributed by atoms with Crippen molar-refractivity contribution in [1.29, 1.82) is 0 Å². The van der Waals surface area contributed by atoms with E-state index in [2.05, 4.69) is 52.5 Å². The van der Waals surface area contributed by atoms with Gasteiger partial charge in [0.15, 0.2) is 0 Å². The molecule has 25 heteroatoms. The molecule has 4 unspecified atom stereocenters. The van der Waals surface area contributed by atoms with E-state index in [1.165, 1.54) is 20.8 Å². The fourth-order valence-corrected chi connectivity index (χ4v) is 8.40. The first-order valence-electron chi connectivity index (χ1n) is 23.6. The quantitative estimate of drug-likeness (QED) is 0.0441. The van der Waals surface area contributed by atoms with Gasteiger partial charge in [-0.1, -0.05) is 44.7 Å². The van der Waals surface area contributed by atoms with E-state index in [9.17, 15) is 51.3 Å². The number of benzene rings is 2. The Morgan fingerprint density at radius 1 is 0.893 bits per heavy atom. The van der Waals surface area contributed by atoms with Crippen LogP contribution in [0.25, 0.3) is 11.3 Å². The molecule has 406 valence electrons. The molecule has 0 aliphatic carbocycles. The molecule has 5 atom stereocenters. The van der Waals surface area contributed by atoms with Crippen LogP contribution in [0.5, 0.6) is 0 Å². The van der Waals surface area contributed by atoms with Crippen LogP contribution < -0.4 is 26.3 Å². The summed E-state index contributed by atoms with van der Waals surface area (Å²) in [6.45, 7) is 5.78. The van der Waals surface area contributed by atoms with Gasteiger partial charge in [0.1, 0.15) is 29.5 Å². The lowest BCUT2D eigenvalue weighted by Crippen LogP contribution is -2.63. The largest absolute Gasteiger partial charge is 0.465 e. The summed E-state index contributed by atoms with van der Waals surface area (Å²) in [6.07, 6.45) is -7.84. The second-order valence-corrected chi connectivity index (χ2v) is 19.7. The Labute approximate surface area is 427 Å². The van der Waals surface area contributed by atoms with Crippen molar-refractivity contribution in [3.63, 3.8) is 0 Å². The normalized spacial score (nSPS) is 17.0. The number of ether oxygens (including phenoxy) is 2. The monoisotopic (exact) mass is 1060 g/mol. The molecule has 4 heterocycles. The number of nitrogens with zero attached hydrogens (tertiary/aromatic N) is 6. The van der Waals surface area contributed by atoms with E-state index >= 15 is 8.78 Å². The number of aliphatic hydroxyl groups excluding tert-OH is 1. The zero-order valence-corrected chi connectivity index (χ0v) is 41.9. The van der Waals surface area contributed by atoms with Crippen LogP contribution in [0.1, 0.15) is 63.4 Å². The maximum Gasteiger partial charge on any atom is 0.407 e. The van der Waals surface area contributed by atoms with Crippen molar-refractivity contribution < 1.29 is 69.6 Å². The van der Waals surface area contributed by atoms with Crippen LogP contribution in [0.3, 0.4) is 0 Å². The standard InChI is InChI=1S/C50H59F7N10O8/c1-48(2,3)41(60-46(71)72)44(70)63-66(26-34-35(51)22-32(23-36(34)52)37-15-16-67(62-37)45(53)54)27-39(68)38(59-43(69)42(61-47(73)74-6)49(4,5)50(55,56)57)21-30-10-7-29(8-11-30)9-12-31-13-14-40(58-24-31)65-18-17-64-19-20-75-28-33(64)25-65/h7-8,10-11,13-16,22-24,33,38-39,41-42,45,60,68H,17-21,25-28H2,1-6H3,(H,59,69)(H,61,73)(H,63,70)(H,71,72)/t33-,38?,39?,41?,42?/m1/s1. The van der Waals surface area contributed by atoms with E-state index in [0.29, 0.717) is 37.1 Å². The number of nitrogens with one attached hydrogen (secondary N) is 4. The number of alkyl carbamates (subject to hydrolysis) is 1. The number of fused-ring (bicyclic) bond motifs is 1. The Balaban J connectivity index is 1.30. The van der Waals surface area contributed by atoms with E-state index in [1.807, 2.05) is 17.4 Å². The fraction of sp³-hybridized carbons (Fsp3) is 0.480. The zero-order chi connectivity index (χ0) is 55.0. The first-order chi connectivity index (χ1) is 35.2. The summed E-state index contributed by atoms with van der Waals surface area (Å²) in [7, 11) is 0.868. The summed E-state index contributed by atoms with van der Waals surface area (Å²) in [4.78, 5) is 61.3. The van der Waals surface area contributed by atoms with Gasteiger partial charge in [0.05, 0.1) is 49.6 Å². The number of rotatable bonds is 17. The number of aliphatic hydroxyl groups is 1. The lowest BCUT2D eigenvalue weighted by Gasteiger charge is -2.44. The van der Waals surface area contributed by atoms with Crippen LogP contribution in [0.4, 0.5) is 46.1 Å². The number of morpholine rings is 1. The van der Waals surface area contributed by atoms with Gasteiger partial charge in [0.2, 0.25) is 5.91 Å². The molecule has 0 radical (unpaired) electrons. The number of hydrogen-bond acceptors (Lipinski definition) is 12. The molecule has 0 spiro atoms. The maximum absolute atomic E-state index is 16.0. The highest BCUT2D eigenvalue weighted by Gasteiger charge is 2.56. The smallest absolute Gasteiger partial charge is 0.407 e. The first-order valence-corrected chi connectivity index (χ1v) is 23.6. The average molecular weight is 1060 g/mol. The summed E-state index contributed by atoms with van der Waals surface area (Å²) < 4.78 is 112. The summed E-state index contributed by atoms with van der Waals surface area (Å²) in [5.41, 5.74) is -1.40. The molecule has 2 aliphatic heterocycles. The van der Waals surface area contributed by atoms with Gasteiger partial charge >= 0.3 is 24.9 Å². The number of carboxylic acid groups (broad SMARTS) is 1. The summed E-state index contributed by atoms with van der Waals surface area (Å²) in [5, 5.41) is 32.4. The van der Waals surface area contributed by atoms with Gasteiger partial charge in [0.25, 0.3) is 5.91 Å². The molecule has 6 rings (SSSR count). The third-order valence-electron chi connectivity index (χ3n) is 12.9. The summed E-state index contributed by atoms with van der Waals surface area (Å²) in [5.74, 6) is 1.86. The Morgan fingerprint density at radius 3 is 2.15 bits per heavy atom. The number of aromatic nitrogens is 3. The predicted molar refractivity (Wildman–Crippen MR) is 258 cm³/mol. The highest BCUT2D eigenvalue weighted by atomic mass is 19.4. The molecule has 2 aromatic carbocycles. The number of amides is 4. The van der Waals surface area contributed by atoms with Gasteiger partial charge in [-0.25, -0.2) is 33.0 Å². The van der Waals surface area contributed by atoms with E-state index in [1.54, 1.807) is 30.5 Å². The van der Waals surface area contributed by atoms with Crippen molar-refractivity contribution in [2.75, 3.05) is 57.9 Å². The SMILES string of the molecule is COC(=O)NC(C(=O)NC(Cc1ccc(C#Cc2ccc(N3CCN4CCOC[C@H]4C3)nc2)cc1)C(O)CN(Cc1c(F)cc(-c2ccn(C(F)F)n2)cc1F)NC(=O)C(NC(=O)O)C(C)(C)C)C(C)(C)C(F)(F)F. The van der Waals surface area contributed by atoms with Gasteiger partial charge in [-0.3, -0.25) is 19.9 Å². The fourth-order valence-electron chi connectivity index (χ4n) is 8.40. The van der Waals surface area contributed by atoms with E-state index in [-0.39, 0.29) is 28.4 Å². The van der Waals surface area contributed by atoms with Gasteiger partial charge in [0, 0.05) is 73.9 Å². The topological polar surface area (TPSA) is 216 Å². The Kier molecular flexibility index (Phi) is 18.4. The van der Waals surface area contributed by atoms with Crippen LogP contribution in [0, 0.1) is 34.3 Å². The Bertz CT molecular complexity index is 2690. The summed E-state index contributed by atoms with van der Waals surface area (Å²) in [6, 6.07) is 7.53. The number of piperazine rings is 1. The van der Waals surface area contributed by atoms with Crippen LogP contribution in [0.2, 0.25) is 0 Å². The van der Waals surface area contributed by atoms with Crippen molar-refractivity contribution in [2.45, 2.75) is 90.6 Å². The Morgan fingerprint density at radius 2 is 1.56 bits per heavy atom. The number of halogens is 7. The van der Waals surface area contributed by atoms with Crippen LogP contribution in [-0.2, 0) is 32.0 Å². The predicted octanol–water partition coefficient (Wildman–Crippen LogP) is 5.46. The van der Waals surface area contributed by atoms with Gasteiger partial charge in [-0.05, 0) is 73.7 Å². The van der Waals surface area contributed by atoms with Crippen molar-refractivity contribution in [2.24, 2.45) is 10.8 Å². The lowest BCUT2D eigenvalue weighted by atomic mass is 9.82. The number of carbonyl (C=O) groups excluding carboxylic acids is 3. The van der Waals surface area contributed by atoms with Gasteiger partial charge in [-0.2, -0.15) is 27.1 Å². The van der Waals surface area contributed by atoms with Crippen molar-refractivity contribution in [3.8, 4) is 23.1 Å². The van der Waals surface area contributed by atoms with Crippen LogP contribution in [0.15, 0.2) is 67.0 Å². The van der Waals surface area contributed by atoms with E-state index in [4.69, 9.17) is 4.74 Å². The maximum atomic E-state index is 16.0. The van der Waals surface area contributed by atoms with Crippen molar-refractivity contribution >= 4 is 29.8 Å². The number of hydrazine groups is 1. The molecule has 2 saturated heterocycles. The molecular formula is C50H59F7N10O8. The minimum absolute atomic E-state index is 0.220. The van der Waals surface area contributed by atoms with Gasteiger partial charge < -0.3 is 40.5 Å². The minimum Gasteiger partial charge on any atom is -0.465 e. The van der Waals surface area contributed by atoms with E-state index < -0.39 is 102 Å². The molecule has 4 amide bonds. The van der Waals surface area contributed by atoms with Crippen LogP contribution in [-0.4, -0.2) is 148 Å². The molecule has 0 saturated carbocycles. The average Bonchev–Trinajstić information content (AvgIpc) is 3.86. The molecule has 2 aromatic heterocycles. The van der Waals surface area contributed by atoms with Crippen molar-refractivity contribution in [1.82, 2.24) is 46.0 Å². The second-order valence-electron chi connectivity index (χ2n) is 19.7. The zero-order valence-electron chi connectivity index (χ0n) is 41.9. The highest BCUT2D eigenvalue weighted by Crippen LogP contribution is 2.41. The molecule has 75 heavy (non-hydrogen) atoms. The molecule has 2 aliphatic rings. The minimum atomic E-state index is -5.10. The van der Waals surface area contributed by atoms with Crippen LogP contribution >= 0.6 is 0 Å². The number of pyridine rings is 1. The number of carbonyl (C=O) groups is 4. The number of methoxy groups -OCH3 is 1. The Hall–Kier alpha value is -7.01. The summed E-state index contributed by atoms with van der Waals surface area (Å²) >= 11 is 0. The third-order valence-corrected chi connectivity index (χ3v) is 12.9.